The van der Waals surface area contributed by atoms with Crippen molar-refractivity contribution in [2.24, 2.45) is 0 Å². The quantitative estimate of drug-likeness (QED) is 0.709. The van der Waals surface area contributed by atoms with Crippen LogP contribution >= 0.6 is 11.6 Å². The zero-order valence-electron chi connectivity index (χ0n) is 14.0. The van der Waals surface area contributed by atoms with Gasteiger partial charge in [0.25, 0.3) is 5.91 Å². The molecule has 1 aliphatic heterocycles. The predicted molar refractivity (Wildman–Crippen MR) is 99.3 cm³/mol. The summed E-state index contributed by atoms with van der Waals surface area (Å²) < 4.78 is 5.30. The number of amides is 1. The molecule has 1 amide bonds. The minimum atomic E-state index is -0.116. The van der Waals surface area contributed by atoms with E-state index in [9.17, 15) is 4.79 Å². The van der Waals surface area contributed by atoms with Crippen LogP contribution in [0.5, 0.6) is 0 Å². The molecule has 6 nitrogen and oxygen atoms in total. The molecule has 3 aromatic rings. The lowest BCUT2D eigenvalue weighted by atomic mass is 10.2. The Kier molecular flexibility index (Phi) is 4.58. The van der Waals surface area contributed by atoms with Crippen LogP contribution < -0.4 is 4.90 Å². The number of rotatable bonds is 3. The molecular formula is C19H17ClN4O2. The van der Waals surface area contributed by atoms with Crippen molar-refractivity contribution in [2.75, 3.05) is 31.1 Å². The van der Waals surface area contributed by atoms with E-state index in [1.807, 2.05) is 36.4 Å². The number of benzene rings is 1. The topological polar surface area (TPSA) is 62.5 Å². The van der Waals surface area contributed by atoms with Gasteiger partial charge in [-0.1, -0.05) is 22.8 Å². The van der Waals surface area contributed by atoms with Crippen LogP contribution in [0.4, 0.5) is 5.69 Å². The summed E-state index contributed by atoms with van der Waals surface area (Å²) in [6.45, 7) is 2.75. The van der Waals surface area contributed by atoms with Crippen molar-refractivity contribution in [3.63, 3.8) is 0 Å². The maximum Gasteiger partial charge on any atom is 0.276 e. The van der Waals surface area contributed by atoms with Crippen LogP contribution in [0.2, 0.25) is 5.02 Å². The van der Waals surface area contributed by atoms with Crippen molar-refractivity contribution in [1.29, 1.82) is 0 Å². The molecule has 1 saturated heterocycles. The number of aromatic nitrogens is 2. The summed E-state index contributed by atoms with van der Waals surface area (Å²) in [4.78, 5) is 20.8. The fourth-order valence-electron chi connectivity index (χ4n) is 3.02. The van der Waals surface area contributed by atoms with Crippen LogP contribution in [-0.4, -0.2) is 47.1 Å². The standard InChI is InChI=1S/C19H17ClN4O2/c20-15-4-1-5-16(11-15)23-7-9-24(10-8-23)19(25)17-12-18(26-22-17)14-3-2-6-21-13-14/h1-6,11-13H,7-10H2. The Labute approximate surface area is 156 Å². The smallest absolute Gasteiger partial charge is 0.276 e. The van der Waals surface area contributed by atoms with Gasteiger partial charge >= 0.3 is 0 Å². The van der Waals surface area contributed by atoms with Crippen LogP contribution in [0.15, 0.2) is 59.4 Å². The van der Waals surface area contributed by atoms with Gasteiger partial charge < -0.3 is 14.3 Å². The van der Waals surface area contributed by atoms with E-state index in [1.165, 1.54) is 0 Å². The minimum absolute atomic E-state index is 0.116. The molecule has 0 bridgehead atoms. The molecule has 0 saturated carbocycles. The Balaban J connectivity index is 1.42. The van der Waals surface area contributed by atoms with E-state index < -0.39 is 0 Å². The SMILES string of the molecule is O=C(c1cc(-c2cccnc2)on1)N1CCN(c2cccc(Cl)c2)CC1. The number of pyridine rings is 1. The van der Waals surface area contributed by atoms with Crippen LogP contribution in [0, 0.1) is 0 Å². The number of carbonyl (C=O) groups is 1. The molecular weight excluding hydrogens is 352 g/mol. The van der Waals surface area contributed by atoms with Crippen LogP contribution in [0.3, 0.4) is 0 Å². The molecule has 0 spiro atoms. The second-order valence-electron chi connectivity index (χ2n) is 6.08. The molecule has 26 heavy (non-hydrogen) atoms. The first-order valence-electron chi connectivity index (χ1n) is 8.37. The van der Waals surface area contributed by atoms with E-state index in [2.05, 4.69) is 15.0 Å². The number of carbonyl (C=O) groups excluding carboxylic acids is 1. The van der Waals surface area contributed by atoms with Gasteiger partial charge in [0.05, 0.1) is 0 Å². The van der Waals surface area contributed by atoms with Crippen molar-refractivity contribution < 1.29 is 9.32 Å². The molecule has 2 aromatic heterocycles. The van der Waals surface area contributed by atoms with E-state index in [-0.39, 0.29) is 5.91 Å². The van der Waals surface area contributed by atoms with Gasteiger partial charge in [-0.15, -0.1) is 0 Å². The third-order valence-corrected chi connectivity index (χ3v) is 4.65. The molecule has 0 aliphatic carbocycles. The first-order valence-corrected chi connectivity index (χ1v) is 8.75. The molecule has 0 N–H and O–H groups in total. The average Bonchev–Trinajstić information content (AvgIpc) is 3.18. The Morgan fingerprint density at radius 1 is 1.08 bits per heavy atom. The molecule has 0 unspecified atom stereocenters. The molecule has 1 aliphatic rings. The highest BCUT2D eigenvalue weighted by Crippen LogP contribution is 2.22. The molecule has 1 fully saturated rings. The molecule has 0 radical (unpaired) electrons. The highest BCUT2D eigenvalue weighted by molar-refractivity contribution is 6.30. The summed E-state index contributed by atoms with van der Waals surface area (Å²) in [5, 5.41) is 4.65. The van der Waals surface area contributed by atoms with E-state index >= 15 is 0 Å². The lowest BCUT2D eigenvalue weighted by Crippen LogP contribution is -2.48. The Morgan fingerprint density at radius 3 is 2.65 bits per heavy atom. The highest BCUT2D eigenvalue weighted by Gasteiger charge is 2.25. The molecule has 132 valence electrons. The second-order valence-corrected chi connectivity index (χ2v) is 6.51. The molecule has 3 heterocycles. The molecule has 1 aromatic carbocycles. The number of anilines is 1. The monoisotopic (exact) mass is 368 g/mol. The van der Waals surface area contributed by atoms with E-state index in [4.69, 9.17) is 16.1 Å². The summed E-state index contributed by atoms with van der Waals surface area (Å²) in [5.41, 5.74) is 2.19. The zero-order chi connectivity index (χ0) is 17.9. The summed E-state index contributed by atoms with van der Waals surface area (Å²) >= 11 is 6.06. The maximum atomic E-state index is 12.7. The Bertz CT molecular complexity index is 905. The third-order valence-electron chi connectivity index (χ3n) is 4.42. The maximum absolute atomic E-state index is 12.7. The number of halogens is 1. The normalized spacial score (nSPS) is 14.5. The molecule has 0 atom stereocenters. The van der Waals surface area contributed by atoms with Gasteiger partial charge in [0, 0.05) is 60.9 Å². The first kappa shape index (κ1) is 16.6. The van der Waals surface area contributed by atoms with Crippen molar-refractivity contribution in [3.05, 3.63) is 65.6 Å². The van der Waals surface area contributed by atoms with Gasteiger partial charge in [0.2, 0.25) is 0 Å². The average molecular weight is 369 g/mol. The minimum Gasteiger partial charge on any atom is -0.368 e. The summed E-state index contributed by atoms with van der Waals surface area (Å²) in [6.07, 6.45) is 3.36. The number of nitrogens with zero attached hydrogens (tertiary/aromatic N) is 4. The largest absolute Gasteiger partial charge is 0.368 e. The second kappa shape index (κ2) is 7.17. The van der Waals surface area contributed by atoms with Crippen molar-refractivity contribution >= 4 is 23.2 Å². The fraction of sp³-hybridized carbons (Fsp3) is 0.211. The molecule has 4 rings (SSSR count). The first-order chi connectivity index (χ1) is 12.7. The van der Waals surface area contributed by atoms with Gasteiger partial charge in [-0.3, -0.25) is 9.78 Å². The van der Waals surface area contributed by atoms with Crippen LogP contribution in [0.1, 0.15) is 10.5 Å². The Hall–Kier alpha value is -2.86. The predicted octanol–water partition coefficient (Wildman–Crippen LogP) is 3.35. The van der Waals surface area contributed by atoms with Crippen molar-refractivity contribution in [3.8, 4) is 11.3 Å². The lowest BCUT2D eigenvalue weighted by molar-refractivity contribution is 0.0736. The third kappa shape index (κ3) is 3.41. The fourth-order valence-corrected chi connectivity index (χ4v) is 3.21. The lowest BCUT2D eigenvalue weighted by Gasteiger charge is -2.35. The number of hydrogen-bond acceptors (Lipinski definition) is 5. The Morgan fingerprint density at radius 2 is 1.92 bits per heavy atom. The van der Waals surface area contributed by atoms with Gasteiger partial charge in [-0.2, -0.15) is 0 Å². The van der Waals surface area contributed by atoms with Crippen molar-refractivity contribution in [2.45, 2.75) is 0 Å². The van der Waals surface area contributed by atoms with Gasteiger partial charge in [0.15, 0.2) is 11.5 Å². The van der Waals surface area contributed by atoms with E-state index in [0.29, 0.717) is 29.6 Å². The number of piperazine rings is 1. The summed E-state index contributed by atoms with van der Waals surface area (Å²) in [5.74, 6) is 0.425. The van der Waals surface area contributed by atoms with Crippen molar-refractivity contribution in [1.82, 2.24) is 15.0 Å². The van der Waals surface area contributed by atoms with E-state index in [0.717, 1.165) is 24.3 Å². The van der Waals surface area contributed by atoms with E-state index in [1.54, 1.807) is 23.4 Å². The van der Waals surface area contributed by atoms with Crippen LogP contribution in [-0.2, 0) is 0 Å². The zero-order valence-corrected chi connectivity index (χ0v) is 14.8. The highest BCUT2D eigenvalue weighted by atomic mass is 35.5. The van der Waals surface area contributed by atoms with Gasteiger partial charge in [0.1, 0.15) is 0 Å². The summed E-state index contributed by atoms with van der Waals surface area (Å²) in [6, 6.07) is 13.1. The van der Waals surface area contributed by atoms with Gasteiger partial charge in [-0.05, 0) is 30.3 Å². The van der Waals surface area contributed by atoms with Crippen LogP contribution in [0.25, 0.3) is 11.3 Å². The molecule has 7 heteroatoms. The summed E-state index contributed by atoms with van der Waals surface area (Å²) in [7, 11) is 0. The number of hydrogen-bond donors (Lipinski definition) is 0. The van der Waals surface area contributed by atoms with Gasteiger partial charge in [-0.25, -0.2) is 0 Å².